The number of hydrogen-bond donors (Lipinski definition) is 0. The lowest BCUT2D eigenvalue weighted by Crippen LogP contribution is -2.20. The van der Waals surface area contributed by atoms with Gasteiger partial charge in [0.25, 0.3) is 0 Å². The van der Waals surface area contributed by atoms with Crippen molar-refractivity contribution in [2.45, 2.75) is 90.4 Å². The maximum Gasteiger partial charge on any atom is 0.152 e. The molecule has 114 valence electrons. The Kier molecular flexibility index (Phi) is 8.60. The molecule has 0 nitrogen and oxygen atoms in total. The van der Waals surface area contributed by atoms with Crippen molar-refractivity contribution >= 4 is 24.0 Å². The van der Waals surface area contributed by atoms with E-state index in [4.69, 9.17) is 0 Å². The monoisotopic (exact) mass is 292 g/mol. The summed E-state index contributed by atoms with van der Waals surface area (Å²) in [6.07, 6.45) is 13.8. The van der Waals surface area contributed by atoms with Crippen LogP contribution in [0.15, 0.2) is 12.1 Å². The number of hydrogen-bond acceptors (Lipinski definition) is 1. The molecule has 0 radical (unpaired) electrons. The Morgan fingerprint density at radius 1 is 0.900 bits per heavy atom. The first-order valence-electron chi connectivity index (χ1n) is 8.69. The second-order valence-corrected chi connectivity index (χ2v) is 7.88. The summed E-state index contributed by atoms with van der Waals surface area (Å²) in [5.74, 6) is 0. The lowest BCUT2D eigenvalue weighted by molar-refractivity contribution is 0.371. The molecule has 0 saturated heterocycles. The van der Waals surface area contributed by atoms with Crippen molar-refractivity contribution < 1.29 is 0 Å². The number of unbranched alkanes of at least 4 members (excludes halogenated alkanes) is 6. The van der Waals surface area contributed by atoms with Crippen LogP contribution in [0.4, 0.5) is 0 Å². The summed E-state index contributed by atoms with van der Waals surface area (Å²) in [6, 6.07) is 4.69. The van der Waals surface area contributed by atoms with Gasteiger partial charge in [0.05, 0.1) is 0 Å². The molecule has 1 atom stereocenters. The van der Waals surface area contributed by atoms with Gasteiger partial charge >= 0.3 is 0 Å². The number of rotatable bonds is 11. The Morgan fingerprint density at radius 3 is 2.00 bits per heavy atom. The zero-order valence-electron chi connectivity index (χ0n) is 14.1. The highest BCUT2D eigenvalue weighted by atomic mass is 32.1. The van der Waals surface area contributed by atoms with E-state index < -0.39 is 0 Å². The molecular formula is C18H33BS. The fourth-order valence-electron chi connectivity index (χ4n) is 3.01. The third kappa shape index (κ3) is 6.03. The molecule has 20 heavy (non-hydrogen) atoms. The maximum absolute atomic E-state index is 2.51. The highest BCUT2D eigenvalue weighted by Gasteiger charge is 2.26. The van der Waals surface area contributed by atoms with Crippen LogP contribution in [0.3, 0.4) is 0 Å². The third-order valence-corrected chi connectivity index (χ3v) is 5.81. The Labute approximate surface area is 131 Å². The van der Waals surface area contributed by atoms with Gasteiger partial charge in [-0.05, 0) is 23.7 Å². The van der Waals surface area contributed by atoms with E-state index in [-0.39, 0.29) is 0 Å². The van der Waals surface area contributed by atoms with Gasteiger partial charge in [0.2, 0.25) is 0 Å². The largest absolute Gasteiger partial charge is 0.156 e. The smallest absolute Gasteiger partial charge is 0.152 e. The van der Waals surface area contributed by atoms with Crippen LogP contribution in [0.1, 0.15) is 89.9 Å². The van der Waals surface area contributed by atoms with Gasteiger partial charge in [-0.15, -0.1) is 0 Å². The van der Waals surface area contributed by atoms with E-state index in [1.165, 1.54) is 69.0 Å². The molecule has 0 aliphatic carbocycles. The van der Waals surface area contributed by atoms with Crippen LogP contribution in [-0.2, 0) is 5.41 Å². The lowest BCUT2D eigenvalue weighted by Gasteiger charge is -2.29. The molecule has 0 amide bonds. The molecule has 0 aromatic carbocycles. The quantitative estimate of drug-likeness (QED) is 0.388. The van der Waals surface area contributed by atoms with Crippen molar-refractivity contribution in [3.05, 3.63) is 17.0 Å². The van der Waals surface area contributed by atoms with Crippen LogP contribution in [0.25, 0.3) is 0 Å². The molecule has 1 unspecified atom stereocenters. The maximum atomic E-state index is 2.51. The molecule has 0 aliphatic heterocycles. The lowest BCUT2D eigenvalue weighted by atomic mass is 9.78. The second-order valence-electron chi connectivity index (χ2n) is 6.59. The molecule has 2 heteroatoms. The molecule has 0 saturated carbocycles. The van der Waals surface area contributed by atoms with Gasteiger partial charge in [-0.25, -0.2) is 0 Å². The zero-order chi connectivity index (χ0) is 14.8. The van der Waals surface area contributed by atoms with Crippen molar-refractivity contribution in [2.24, 2.45) is 0 Å². The third-order valence-electron chi connectivity index (χ3n) is 4.50. The first-order chi connectivity index (χ1) is 9.62. The summed E-state index contributed by atoms with van der Waals surface area (Å²) in [5.41, 5.74) is 0.431. The standard InChI is InChI=1S/C18H33BS/c1-4-6-8-9-11-15-18(3,14-10-7-5-2)16-12-13-17(19)20-16/h12-13H,4-11,14-15,19H2,1-3H3. The SMILES string of the molecule is Bc1ccc(C(C)(CCCCC)CCCCCCC)s1. The Morgan fingerprint density at radius 2 is 1.45 bits per heavy atom. The molecule has 1 heterocycles. The summed E-state index contributed by atoms with van der Waals surface area (Å²) >= 11 is 2.02. The first-order valence-corrected chi connectivity index (χ1v) is 9.51. The fourth-order valence-corrected chi connectivity index (χ4v) is 4.08. The predicted octanol–water partition coefficient (Wildman–Crippen LogP) is 5.21. The summed E-state index contributed by atoms with van der Waals surface area (Å²) in [5, 5.41) is 0. The Hall–Kier alpha value is -0.235. The summed E-state index contributed by atoms with van der Waals surface area (Å²) < 4.78 is 1.47. The van der Waals surface area contributed by atoms with Crippen molar-refractivity contribution in [3.8, 4) is 0 Å². The molecule has 1 aromatic rings. The highest BCUT2D eigenvalue weighted by molar-refractivity contribution is 7.20. The van der Waals surface area contributed by atoms with Gasteiger partial charge in [0.1, 0.15) is 0 Å². The minimum absolute atomic E-state index is 0.431. The van der Waals surface area contributed by atoms with E-state index in [2.05, 4.69) is 40.8 Å². The van der Waals surface area contributed by atoms with Gasteiger partial charge in [0, 0.05) is 10.3 Å². The van der Waals surface area contributed by atoms with Crippen LogP contribution in [0.5, 0.6) is 0 Å². The molecule has 0 bridgehead atoms. The summed E-state index contributed by atoms with van der Waals surface area (Å²) in [4.78, 5) is 1.63. The van der Waals surface area contributed by atoms with Crippen LogP contribution < -0.4 is 4.78 Å². The van der Waals surface area contributed by atoms with E-state index in [0.717, 1.165) is 0 Å². The van der Waals surface area contributed by atoms with Gasteiger partial charge in [-0.2, -0.15) is 11.3 Å². The molecule has 0 fully saturated rings. The summed E-state index contributed by atoms with van der Waals surface area (Å²) in [7, 11) is 2.24. The molecule has 0 aliphatic rings. The highest BCUT2D eigenvalue weighted by Crippen LogP contribution is 2.37. The van der Waals surface area contributed by atoms with E-state index in [0.29, 0.717) is 5.41 Å². The van der Waals surface area contributed by atoms with Crippen molar-refractivity contribution in [1.29, 1.82) is 0 Å². The average molecular weight is 292 g/mol. The van der Waals surface area contributed by atoms with Gasteiger partial charge in [-0.1, -0.05) is 78.2 Å². The number of thiophene rings is 1. The second kappa shape index (κ2) is 9.66. The van der Waals surface area contributed by atoms with E-state index in [9.17, 15) is 0 Å². The van der Waals surface area contributed by atoms with E-state index in [1.807, 2.05) is 11.3 Å². The summed E-state index contributed by atoms with van der Waals surface area (Å²) in [6.45, 7) is 7.11. The zero-order valence-corrected chi connectivity index (χ0v) is 15.0. The first kappa shape index (κ1) is 17.8. The van der Waals surface area contributed by atoms with Crippen LogP contribution in [0, 0.1) is 0 Å². The van der Waals surface area contributed by atoms with Gasteiger partial charge in [-0.3, -0.25) is 0 Å². The molecule has 0 spiro atoms. The average Bonchev–Trinajstić information content (AvgIpc) is 2.86. The molecule has 1 aromatic heterocycles. The van der Waals surface area contributed by atoms with Crippen molar-refractivity contribution in [1.82, 2.24) is 0 Å². The topological polar surface area (TPSA) is 0 Å². The van der Waals surface area contributed by atoms with Gasteiger partial charge < -0.3 is 0 Å². The molecular weight excluding hydrogens is 259 g/mol. The van der Waals surface area contributed by atoms with Gasteiger partial charge in [0.15, 0.2) is 7.85 Å². The molecule has 0 N–H and O–H groups in total. The van der Waals surface area contributed by atoms with Crippen LogP contribution in [0.2, 0.25) is 0 Å². The van der Waals surface area contributed by atoms with E-state index >= 15 is 0 Å². The van der Waals surface area contributed by atoms with E-state index in [1.54, 1.807) is 4.88 Å². The Balaban J connectivity index is 2.54. The minimum Gasteiger partial charge on any atom is -0.156 e. The Bertz CT molecular complexity index is 358. The van der Waals surface area contributed by atoms with Crippen molar-refractivity contribution in [3.63, 3.8) is 0 Å². The minimum atomic E-state index is 0.431. The molecule has 1 rings (SSSR count). The van der Waals surface area contributed by atoms with Crippen molar-refractivity contribution in [2.75, 3.05) is 0 Å². The normalized spacial score (nSPS) is 14.3. The fraction of sp³-hybridized carbons (Fsp3) is 0.778. The predicted molar refractivity (Wildman–Crippen MR) is 97.4 cm³/mol. The van der Waals surface area contributed by atoms with Crippen LogP contribution in [-0.4, -0.2) is 7.85 Å². The van der Waals surface area contributed by atoms with Crippen LogP contribution >= 0.6 is 11.3 Å².